The molecule has 2 N–H and O–H groups in total. The van der Waals surface area contributed by atoms with Crippen LogP contribution in [-0.4, -0.2) is 16.0 Å². The van der Waals surface area contributed by atoms with Crippen LogP contribution in [0.1, 0.15) is 6.92 Å². The van der Waals surface area contributed by atoms with Gasteiger partial charge in [0.2, 0.25) is 5.70 Å². The second-order valence-electron chi connectivity index (χ2n) is 2.69. The van der Waals surface area contributed by atoms with E-state index in [0.29, 0.717) is 0 Å². The van der Waals surface area contributed by atoms with Gasteiger partial charge in [-0.05, 0) is 24.2 Å². The summed E-state index contributed by atoms with van der Waals surface area (Å²) in [5, 5.41) is 13.7. The van der Waals surface area contributed by atoms with Crippen molar-refractivity contribution in [1.29, 1.82) is 0 Å². The monoisotopic (exact) mass is 207 g/mol. The van der Waals surface area contributed by atoms with E-state index in [1.807, 2.05) is 0 Å². The van der Waals surface area contributed by atoms with Gasteiger partial charge in [0.1, 0.15) is 11.6 Å². The molecule has 0 aromatic carbocycles. The summed E-state index contributed by atoms with van der Waals surface area (Å²) in [5.74, 6) is -0.938. The second-order valence-corrected chi connectivity index (χ2v) is 2.69. The highest BCUT2D eigenvalue weighted by Gasteiger charge is 2.14. The first kappa shape index (κ1) is 10.8. The Morgan fingerprint density at radius 2 is 2.27 bits per heavy atom. The van der Waals surface area contributed by atoms with E-state index in [-0.39, 0.29) is 5.82 Å². The summed E-state index contributed by atoms with van der Waals surface area (Å²) in [6.45, 7) is 1.20. The highest BCUT2D eigenvalue weighted by molar-refractivity contribution is 6.03. The van der Waals surface area contributed by atoms with Gasteiger partial charge in [0, 0.05) is 6.20 Å². The predicted octanol–water partition coefficient (Wildman–Crippen LogP) is 1.58. The zero-order valence-electron chi connectivity index (χ0n) is 7.97. The summed E-state index contributed by atoms with van der Waals surface area (Å²) < 4.78 is 0. The van der Waals surface area contributed by atoms with Crippen molar-refractivity contribution in [2.75, 3.05) is 5.32 Å². The van der Waals surface area contributed by atoms with Crippen LogP contribution in [0.4, 0.5) is 5.82 Å². The molecule has 1 aromatic rings. The number of nitrogens with zero attached hydrogens (tertiary/aromatic N) is 2. The highest BCUT2D eigenvalue weighted by Crippen LogP contribution is 2.07. The van der Waals surface area contributed by atoms with Crippen LogP contribution in [0.3, 0.4) is 0 Å². The molecule has 1 heterocycles. The minimum absolute atomic E-state index is 0.282. The van der Waals surface area contributed by atoms with Gasteiger partial charge in [0.15, 0.2) is 0 Å². The number of pyridine rings is 1. The van der Waals surface area contributed by atoms with Crippen molar-refractivity contribution in [2.24, 2.45) is 5.18 Å². The van der Waals surface area contributed by atoms with Crippen molar-refractivity contribution in [3.63, 3.8) is 0 Å². The standard InChI is InChI=1S/C9H9N3O3/c1-6(13)8(12-15)9(14)11-7-4-2-3-5-10-7/h2-5,13H,1H3,(H,10,11,14). The summed E-state index contributed by atoms with van der Waals surface area (Å²) in [6.07, 6.45) is 1.49. The van der Waals surface area contributed by atoms with Gasteiger partial charge in [0.25, 0.3) is 5.91 Å². The number of rotatable bonds is 3. The van der Waals surface area contributed by atoms with Crippen molar-refractivity contribution in [3.8, 4) is 0 Å². The molecular weight excluding hydrogens is 198 g/mol. The molecule has 0 aliphatic heterocycles. The number of carbonyl (C=O) groups excluding carboxylic acids is 1. The Bertz CT molecular complexity index is 396. The molecule has 0 saturated carbocycles. The van der Waals surface area contributed by atoms with Gasteiger partial charge >= 0.3 is 0 Å². The Kier molecular flexibility index (Phi) is 3.50. The number of amides is 1. The van der Waals surface area contributed by atoms with E-state index in [1.165, 1.54) is 13.1 Å². The number of hydrogen-bond acceptors (Lipinski definition) is 5. The van der Waals surface area contributed by atoms with Crippen LogP contribution in [0.5, 0.6) is 0 Å². The third kappa shape index (κ3) is 2.87. The molecule has 1 rings (SSSR count). The molecule has 0 bridgehead atoms. The van der Waals surface area contributed by atoms with Crippen LogP contribution in [0.25, 0.3) is 0 Å². The van der Waals surface area contributed by atoms with E-state index in [2.05, 4.69) is 15.5 Å². The van der Waals surface area contributed by atoms with Crippen molar-refractivity contribution < 1.29 is 9.90 Å². The number of aliphatic hydroxyl groups excluding tert-OH is 1. The third-order valence-electron chi connectivity index (χ3n) is 1.56. The number of nitrogens with one attached hydrogen (secondary N) is 1. The van der Waals surface area contributed by atoms with Gasteiger partial charge in [-0.2, -0.15) is 0 Å². The smallest absolute Gasteiger partial charge is 0.282 e. The van der Waals surface area contributed by atoms with Crippen LogP contribution in [0.2, 0.25) is 0 Å². The van der Waals surface area contributed by atoms with Gasteiger partial charge in [-0.25, -0.2) is 4.98 Å². The molecule has 0 aliphatic rings. The average Bonchev–Trinajstić information content (AvgIpc) is 2.19. The second kappa shape index (κ2) is 4.85. The van der Waals surface area contributed by atoms with Crippen LogP contribution in [-0.2, 0) is 4.79 Å². The molecule has 0 aliphatic carbocycles. The molecule has 78 valence electrons. The van der Waals surface area contributed by atoms with Crippen LogP contribution in [0.15, 0.2) is 41.0 Å². The maximum absolute atomic E-state index is 11.3. The number of nitroso groups, excluding NO2 is 1. The first-order valence-corrected chi connectivity index (χ1v) is 4.10. The maximum atomic E-state index is 11.3. The maximum Gasteiger partial charge on any atom is 0.282 e. The molecule has 0 fully saturated rings. The Morgan fingerprint density at radius 3 is 2.73 bits per heavy atom. The van der Waals surface area contributed by atoms with E-state index in [9.17, 15) is 9.70 Å². The molecule has 1 amide bonds. The van der Waals surface area contributed by atoms with Crippen molar-refractivity contribution >= 4 is 11.7 Å². The van der Waals surface area contributed by atoms with Crippen molar-refractivity contribution in [2.45, 2.75) is 6.92 Å². The molecule has 6 heteroatoms. The van der Waals surface area contributed by atoms with Crippen LogP contribution in [0, 0.1) is 4.91 Å². The minimum atomic E-state index is -0.788. The zero-order valence-corrected chi connectivity index (χ0v) is 7.97. The summed E-state index contributed by atoms with van der Waals surface area (Å²) in [7, 11) is 0. The quantitative estimate of drug-likeness (QED) is 0.447. The number of aliphatic hydroxyl groups is 1. The molecule has 15 heavy (non-hydrogen) atoms. The largest absolute Gasteiger partial charge is 0.510 e. The van der Waals surface area contributed by atoms with Crippen molar-refractivity contribution in [1.82, 2.24) is 4.98 Å². The first-order chi connectivity index (χ1) is 7.15. The number of anilines is 1. The number of carbonyl (C=O) groups is 1. The molecule has 0 spiro atoms. The van der Waals surface area contributed by atoms with Gasteiger partial charge < -0.3 is 10.4 Å². The van der Waals surface area contributed by atoms with E-state index < -0.39 is 17.4 Å². The Morgan fingerprint density at radius 1 is 1.53 bits per heavy atom. The minimum Gasteiger partial charge on any atom is -0.510 e. The van der Waals surface area contributed by atoms with E-state index in [0.717, 1.165) is 0 Å². The Balaban J connectivity index is 2.81. The predicted molar refractivity (Wildman–Crippen MR) is 54.0 cm³/mol. The van der Waals surface area contributed by atoms with E-state index >= 15 is 0 Å². The molecule has 0 unspecified atom stereocenters. The fourth-order valence-electron chi connectivity index (χ4n) is 0.884. The lowest BCUT2D eigenvalue weighted by molar-refractivity contribution is -0.113. The van der Waals surface area contributed by atoms with Gasteiger partial charge in [-0.3, -0.25) is 4.79 Å². The highest BCUT2D eigenvalue weighted by atomic mass is 16.3. The fraction of sp³-hybridized carbons (Fsp3) is 0.111. The molecule has 1 aromatic heterocycles. The summed E-state index contributed by atoms with van der Waals surface area (Å²) in [5.41, 5.74) is -0.555. The first-order valence-electron chi connectivity index (χ1n) is 4.10. The molecule has 0 radical (unpaired) electrons. The van der Waals surface area contributed by atoms with Gasteiger partial charge in [-0.1, -0.05) is 6.07 Å². The lowest BCUT2D eigenvalue weighted by Crippen LogP contribution is -2.15. The number of hydrogen-bond donors (Lipinski definition) is 2. The van der Waals surface area contributed by atoms with Crippen molar-refractivity contribution in [3.05, 3.63) is 40.8 Å². The van der Waals surface area contributed by atoms with Gasteiger partial charge in [-0.15, -0.1) is 4.91 Å². The third-order valence-corrected chi connectivity index (χ3v) is 1.56. The lowest BCUT2D eigenvalue weighted by Gasteiger charge is -2.02. The van der Waals surface area contributed by atoms with E-state index in [4.69, 9.17) is 5.11 Å². The molecular formula is C9H9N3O3. The Hall–Kier alpha value is -2.24. The molecule has 0 saturated heterocycles. The topological polar surface area (TPSA) is 91.7 Å². The average molecular weight is 207 g/mol. The summed E-state index contributed by atoms with van der Waals surface area (Å²) in [4.78, 5) is 25.4. The fourth-order valence-corrected chi connectivity index (χ4v) is 0.884. The SMILES string of the molecule is CC(O)=C(N=O)C(=O)Nc1ccccn1. The lowest BCUT2D eigenvalue weighted by atomic mass is 10.3. The summed E-state index contributed by atoms with van der Waals surface area (Å²) >= 11 is 0. The zero-order chi connectivity index (χ0) is 11.3. The Labute approximate surface area is 85.6 Å². The number of aromatic nitrogens is 1. The van der Waals surface area contributed by atoms with Crippen LogP contribution < -0.4 is 5.32 Å². The molecule has 0 atom stereocenters. The van der Waals surface area contributed by atoms with Crippen LogP contribution >= 0.6 is 0 Å². The molecule has 6 nitrogen and oxygen atoms in total. The summed E-state index contributed by atoms with van der Waals surface area (Å²) in [6, 6.07) is 4.90. The van der Waals surface area contributed by atoms with E-state index in [1.54, 1.807) is 18.2 Å². The normalized spacial score (nSPS) is 11.5. The van der Waals surface area contributed by atoms with Gasteiger partial charge in [0.05, 0.1) is 0 Å². The number of allylic oxidation sites excluding steroid dienone is 1.